The normalized spacial score (nSPS) is 11.2. The highest BCUT2D eigenvalue weighted by Gasteiger charge is 2.16. The first-order valence-electron chi connectivity index (χ1n) is 10.1. The smallest absolute Gasteiger partial charge is 0.261 e. The SMILES string of the molecule is O=C(CCc1ncc(-c2ccccc2)o1)Nc1cccc(S(=O)(=O)Nc2ccc(Cl)cc2)c1. The van der Waals surface area contributed by atoms with Gasteiger partial charge in [-0.05, 0) is 42.5 Å². The number of carbonyl (C=O) groups excluding carboxylic acids is 1. The summed E-state index contributed by atoms with van der Waals surface area (Å²) < 4.78 is 33.6. The molecule has 3 aromatic carbocycles. The zero-order chi connectivity index (χ0) is 23.3. The fourth-order valence-electron chi connectivity index (χ4n) is 3.08. The molecular weight excluding hydrogens is 462 g/mol. The van der Waals surface area contributed by atoms with Crippen LogP contribution in [0.25, 0.3) is 11.3 Å². The fourth-order valence-corrected chi connectivity index (χ4v) is 4.31. The molecule has 1 amide bonds. The second-order valence-electron chi connectivity index (χ2n) is 7.17. The number of rotatable bonds is 8. The van der Waals surface area contributed by atoms with Gasteiger partial charge in [0.15, 0.2) is 11.7 Å². The second-order valence-corrected chi connectivity index (χ2v) is 9.29. The molecule has 0 saturated carbocycles. The largest absolute Gasteiger partial charge is 0.441 e. The number of sulfonamides is 1. The summed E-state index contributed by atoms with van der Waals surface area (Å²) in [6.07, 6.45) is 2.08. The van der Waals surface area contributed by atoms with Gasteiger partial charge in [-0.1, -0.05) is 48.0 Å². The Morgan fingerprint density at radius 2 is 1.70 bits per heavy atom. The monoisotopic (exact) mass is 481 g/mol. The quantitative estimate of drug-likeness (QED) is 0.352. The van der Waals surface area contributed by atoms with Crippen molar-refractivity contribution in [2.75, 3.05) is 10.0 Å². The molecule has 1 heterocycles. The molecule has 0 unspecified atom stereocenters. The molecule has 0 aliphatic carbocycles. The maximum absolute atomic E-state index is 12.7. The number of anilines is 2. The van der Waals surface area contributed by atoms with E-state index in [1.54, 1.807) is 42.6 Å². The number of amides is 1. The van der Waals surface area contributed by atoms with Gasteiger partial charge in [0.25, 0.3) is 10.0 Å². The molecule has 0 radical (unpaired) electrons. The van der Waals surface area contributed by atoms with Gasteiger partial charge in [0, 0.05) is 34.8 Å². The van der Waals surface area contributed by atoms with Crippen molar-refractivity contribution in [3.63, 3.8) is 0 Å². The van der Waals surface area contributed by atoms with E-state index in [1.165, 1.54) is 12.1 Å². The van der Waals surface area contributed by atoms with Gasteiger partial charge in [0.1, 0.15) is 0 Å². The van der Waals surface area contributed by atoms with Crippen LogP contribution in [0.3, 0.4) is 0 Å². The fraction of sp³-hybridized carbons (Fsp3) is 0.0833. The van der Waals surface area contributed by atoms with Crippen molar-refractivity contribution in [1.29, 1.82) is 0 Å². The lowest BCUT2D eigenvalue weighted by atomic mass is 10.2. The Morgan fingerprint density at radius 3 is 2.45 bits per heavy atom. The molecule has 7 nitrogen and oxygen atoms in total. The Kier molecular flexibility index (Phi) is 6.76. The lowest BCUT2D eigenvalue weighted by Gasteiger charge is -2.10. The van der Waals surface area contributed by atoms with Gasteiger partial charge >= 0.3 is 0 Å². The van der Waals surface area contributed by atoms with Crippen molar-refractivity contribution in [1.82, 2.24) is 4.98 Å². The van der Waals surface area contributed by atoms with Gasteiger partial charge < -0.3 is 9.73 Å². The van der Waals surface area contributed by atoms with Crippen LogP contribution >= 0.6 is 11.6 Å². The number of nitrogens with zero attached hydrogens (tertiary/aromatic N) is 1. The third-order valence-corrected chi connectivity index (χ3v) is 6.33. The summed E-state index contributed by atoms with van der Waals surface area (Å²) in [5.74, 6) is 0.805. The van der Waals surface area contributed by atoms with E-state index in [0.29, 0.717) is 34.5 Å². The molecule has 168 valence electrons. The summed E-state index contributed by atoms with van der Waals surface area (Å²) in [5.41, 5.74) is 1.66. The van der Waals surface area contributed by atoms with Crippen LogP contribution in [-0.4, -0.2) is 19.3 Å². The van der Waals surface area contributed by atoms with Crippen LogP contribution in [0.1, 0.15) is 12.3 Å². The minimum absolute atomic E-state index is 0.0236. The standard InChI is InChI=1S/C24H20ClN3O4S/c25-18-9-11-19(12-10-18)28-33(30,31)21-8-4-7-20(15-21)27-23(29)13-14-24-26-16-22(32-24)17-5-2-1-3-6-17/h1-12,15-16,28H,13-14H2,(H,27,29). The van der Waals surface area contributed by atoms with Crippen molar-refractivity contribution in [3.05, 3.63) is 96.0 Å². The van der Waals surface area contributed by atoms with Crippen molar-refractivity contribution in [2.24, 2.45) is 0 Å². The number of aromatic nitrogens is 1. The molecule has 0 fully saturated rings. The van der Waals surface area contributed by atoms with E-state index in [4.69, 9.17) is 16.0 Å². The maximum atomic E-state index is 12.7. The van der Waals surface area contributed by atoms with E-state index in [9.17, 15) is 13.2 Å². The van der Waals surface area contributed by atoms with E-state index in [-0.39, 0.29) is 17.2 Å². The zero-order valence-corrected chi connectivity index (χ0v) is 18.9. The second kappa shape index (κ2) is 9.89. The lowest BCUT2D eigenvalue weighted by molar-refractivity contribution is -0.116. The van der Waals surface area contributed by atoms with Gasteiger partial charge in [-0.2, -0.15) is 0 Å². The minimum Gasteiger partial charge on any atom is -0.441 e. The summed E-state index contributed by atoms with van der Waals surface area (Å²) in [6, 6.07) is 21.9. The molecule has 4 aromatic rings. The highest BCUT2D eigenvalue weighted by molar-refractivity contribution is 7.92. The van der Waals surface area contributed by atoms with E-state index >= 15 is 0 Å². The van der Waals surface area contributed by atoms with E-state index in [0.717, 1.165) is 5.56 Å². The van der Waals surface area contributed by atoms with Gasteiger partial charge in [-0.15, -0.1) is 0 Å². The number of aryl methyl sites for hydroxylation is 1. The molecule has 0 atom stereocenters. The summed E-state index contributed by atoms with van der Waals surface area (Å²) in [4.78, 5) is 16.6. The molecule has 0 saturated heterocycles. The molecule has 2 N–H and O–H groups in total. The van der Waals surface area contributed by atoms with Crippen LogP contribution in [0, 0.1) is 0 Å². The number of oxazole rings is 1. The van der Waals surface area contributed by atoms with Gasteiger partial charge in [0.05, 0.1) is 11.1 Å². The third-order valence-electron chi connectivity index (χ3n) is 4.70. The molecule has 1 aromatic heterocycles. The van der Waals surface area contributed by atoms with E-state index in [2.05, 4.69) is 15.0 Å². The van der Waals surface area contributed by atoms with Gasteiger partial charge in [-0.3, -0.25) is 9.52 Å². The topological polar surface area (TPSA) is 101 Å². The summed E-state index contributed by atoms with van der Waals surface area (Å²) in [6.45, 7) is 0. The van der Waals surface area contributed by atoms with Crippen molar-refractivity contribution in [3.8, 4) is 11.3 Å². The van der Waals surface area contributed by atoms with Crippen LogP contribution in [-0.2, 0) is 21.2 Å². The molecular formula is C24H20ClN3O4S. The predicted octanol–water partition coefficient (Wildman–Crippen LogP) is 5.37. The highest BCUT2D eigenvalue weighted by Crippen LogP contribution is 2.22. The third kappa shape index (κ3) is 6.00. The average molecular weight is 482 g/mol. The summed E-state index contributed by atoms with van der Waals surface area (Å²) in [5, 5.41) is 3.22. The Hall–Kier alpha value is -3.62. The zero-order valence-electron chi connectivity index (χ0n) is 17.4. The minimum atomic E-state index is -3.83. The van der Waals surface area contributed by atoms with Crippen LogP contribution in [0.4, 0.5) is 11.4 Å². The number of carbonyl (C=O) groups is 1. The molecule has 4 rings (SSSR count). The van der Waals surface area contributed by atoms with Crippen LogP contribution in [0.2, 0.25) is 5.02 Å². The summed E-state index contributed by atoms with van der Waals surface area (Å²) >= 11 is 5.84. The number of benzene rings is 3. The van der Waals surface area contributed by atoms with Crippen LogP contribution in [0.5, 0.6) is 0 Å². The van der Waals surface area contributed by atoms with Crippen LogP contribution in [0.15, 0.2) is 94.4 Å². The molecule has 0 aliphatic rings. The molecule has 0 aliphatic heterocycles. The molecule has 0 spiro atoms. The van der Waals surface area contributed by atoms with E-state index in [1.807, 2.05) is 30.3 Å². The van der Waals surface area contributed by atoms with Crippen molar-refractivity contribution in [2.45, 2.75) is 17.7 Å². The molecule has 33 heavy (non-hydrogen) atoms. The molecule has 9 heteroatoms. The summed E-state index contributed by atoms with van der Waals surface area (Å²) in [7, 11) is -3.83. The van der Waals surface area contributed by atoms with Crippen LogP contribution < -0.4 is 10.0 Å². The van der Waals surface area contributed by atoms with E-state index < -0.39 is 10.0 Å². The number of halogens is 1. The first-order chi connectivity index (χ1) is 15.9. The number of nitrogens with one attached hydrogen (secondary N) is 2. The Morgan fingerprint density at radius 1 is 0.939 bits per heavy atom. The first kappa shape index (κ1) is 22.6. The Labute approximate surface area is 196 Å². The maximum Gasteiger partial charge on any atom is 0.261 e. The predicted molar refractivity (Wildman–Crippen MR) is 128 cm³/mol. The average Bonchev–Trinajstić information content (AvgIpc) is 3.29. The lowest BCUT2D eigenvalue weighted by Crippen LogP contribution is -2.15. The number of hydrogen-bond donors (Lipinski definition) is 2. The van der Waals surface area contributed by atoms with Crippen molar-refractivity contribution >= 4 is 38.9 Å². The van der Waals surface area contributed by atoms with Gasteiger partial charge in [0.2, 0.25) is 5.91 Å². The Balaban J connectivity index is 1.36. The molecule has 0 bridgehead atoms. The number of hydrogen-bond acceptors (Lipinski definition) is 5. The van der Waals surface area contributed by atoms with Crippen molar-refractivity contribution < 1.29 is 17.6 Å². The van der Waals surface area contributed by atoms with Gasteiger partial charge in [-0.25, -0.2) is 13.4 Å². The Bertz CT molecular complexity index is 1350. The first-order valence-corrected chi connectivity index (χ1v) is 11.9. The highest BCUT2D eigenvalue weighted by atomic mass is 35.5.